The smallest absolute Gasteiger partial charge is 0.338 e. The highest BCUT2D eigenvalue weighted by molar-refractivity contribution is 5.90. The Bertz CT molecular complexity index is 672. The van der Waals surface area contributed by atoms with E-state index in [4.69, 9.17) is 9.47 Å². The largest absolute Gasteiger partial charge is 0.458 e. The van der Waals surface area contributed by atoms with E-state index in [1.165, 1.54) is 0 Å². The summed E-state index contributed by atoms with van der Waals surface area (Å²) in [5.74, 6) is -0.855. The van der Waals surface area contributed by atoms with Crippen LogP contribution in [0, 0.1) is 13.8 Å². The van der Waals surface area contributed by atoms with Gasteiger partial charge in [0, 0.05) is 0 Å². The van der Waals surface area contributed by atoms with E-state index in [2.05, 4.69) is 0 Å². The van der Waals surface area contributed by atoms with Gasteiger partial charge in [-0.15, -0.1) is 0 Å². The maximum Gasteiger partial charge on any atom is 0.338 e. The van der Waals surface area contributed by atoms with Gasteiger partial charge in [-0.1, -0.05) is 49.2 Å². The molecule has 2 aromatic rings. The first kappa shape index (κ1) is 20.4. The molecule has 0 aromatic heterocycles. The van der Waals surface area contributed by atoms with Crippen molar-refractivity contribution in [1.82, 2.24) is 0 Å². The summed E-state index contributed by atoms with van der Waals surface area (Å²) in [6, 6.07) is 14.2. The molecule has 1 unspecified atom stereocenters. The Morgan fingerprint density at radius 1 is 0.800 bits per heavy atom. The Morgan fingerprint density at radius 3 is 1.64 bits per heavy atom. The third kappa shape index (κ3) is 6.79. The van der Waals surface area contributed by atoms with Crippen molar-refractivity contribution in [3.63, 3.8) is 0 Å². The number of aryl methyl sites for hydroxylation is 2. The van der Waals surface area contributed by atoms with Crippen molar-refractivity contribution in [3.05, 3.63) is 70.8 Å². The van der Waals surface area contributed by atoms with Crippen LogP contribution >= 0.6 is 0 Å². The zero-order valence-corrected chi connectivity index (χ0v) is 15.5. The second-order valence-corrected chi connectivity index (χ2v) is 5.55. The van der Waals surface area contributed by atoms with Gasteiger partial charge in [-0.3, -0.25) is 0 Å². The lowest BCUT2D eigenvalue weighted by Crippen LogP contribution is -2.22. The Balaban J connectivity index is 0.00000151. The van der Waals surface area contributed by atoms with Crippen molar-refractivity contribution in [2.24, 2.45) is 0 Å². The van der Waals surface area contributed by atoms with E-state index in [9.17, 15) is 9.59 Å². The topological polar surface area (TPSA) is 52.6 Å². The van der Waals surface area contributed by atoms with Crippen LogP contribution < -0.4 is 0 Å². The van der Waals surface area contributed by atoms with Gasteiger partial charge in [-0.05, 0) is 45.0 Å². The number of esters is 2. The first-order valence-corrected chi connectivity index (χ1v) is 8.47. The van der Waals surface area contributed by atoms with E-state index in [1.54, 1.807) is 31.2 Å². The minimum Gasteiger partial charge on any atom is -0.458 e. The van der Waals surface area contributed by atoms with E-state index >= 15 is 0 Å². The zero-order valence-electron chi connectivity index (χ0n) is 15.5. The highest BCUT2D eigenvalue weighted by atomic mass is 16.6. The van der Waals surface area contributed by atoms with Gasteiger partial charge in [0.15, 0.2) is 0 Å². The molecule has 0 amide bonds. The molecule has 0 aliphatic rings. The van der Waals surface area contributed by atoms with E-state index in [-0.39, 0.29) is 6.61 Å². The number of carbonyl (C=O) groups excluding carboxylic acids is 2. The van der Waals surface area contributed by atoms with Gasteiger partial charge in [0.1, 0.15) is 12.7 Å². The molecule has 4 heteroatoms. The maximum absolute atomic E-state index is 12.0. The van der Waals surface area contributed by atoms with Crippen molar-refractivity contribution in [3.8, 4) is 0 Å². The molecule has 134 valence electrons. The number of rotatable bonds is 5. The van der Waals surface area contributed by atoms with E-state index in [1.807, 2.05) is 52.0 Å². The summed E-state index contributed by atoms with van der Waals surface area (Å²) in [4.78, 5) is 23.8. The summed E-state index contributed by atoms with van der Waals surface area (Å²) in [7, 11) is 0. The van der Waals surface area contributed by atoms with Crippen LogP contribution in [0.15, 0.2) is 48.5 Å². The molecule has 25 heavy (non-hydrogen) atoms. The molecular weight excluding hydrogens is 316 g/mol. The lowest BCUT2D eigenvalue weighted by molar-refractivity contribution is 0.00448. The SMILES string of the molecule is CC.Cc1ccc(C(=O)OCC(C)OC(=O)c2ccc(C)cc2)cc1. The summed E-state index contributed by atoms with van der Waals surface area (Å²) >= 11 is 0. The van der Waals surface area contributed by atoms with Gasteiger partial charge in [0.05, 0.1) is 11.1 Å². The molecule has 0 aliphatic carbocycles. The molecule has 0 N–H and O–H groups in total. The minimum absolute atomic E-state index is 0.0182. The predicted molar refractivity (Wildman–Crippen MR) is 98.9 cm³/mol. The zero-order chi connectivity index (χ0) is 18.8. The highest BCUT2D eigenvalue weighted by Crippen LogP contribution is 2.08. The molecule has 0 fully saturated rings. The lowest BCUT2D eigenvalue weighted by atomic mass is 10.1. The molecule has 2 rings (SSSR count). The van der Waals surface area contributed by atoms with Crippen LogP contribution in [0.2, 0.25) is 0 Å². The Labute approximate surface area is 149 Å². The molecule has 0 bridgehead atoms. The first-order chi connectivity index (χ1) is 12.0. The van der Waals surface area contributed by atoms with Crippen LogP contribution in [0.1, 0.15) is 52.6 Å². The Morgan fingerprint density at radius 2 is 1.20 bits per heavy atom. The number of ether oxygens (including phenoxy) is 2. The molecule has 0 saturated heterocycles. The fraction of sp³-hybridized carbons (Fsp3) is 0.333. The fourth-order valence-corrected chi connectivity index (χ4v) is 1.94. The minimum atomic E-state index is -0.516. The highest BCUT2D eigenvalue weighted by Gasteiger charge is 2.14. The Hall–Kier alpha value is -2.62. The van der Waals surface area contributed by atoms with Gasteiger partial charge < -0.3 is 9.47 Å². The molecule has 0 aliphatic heterocycles. The molecule has 4 nitrogen and oxygen atoms in total. The van der Waals surface area contributed by atoms with Crippen molar-refractivity contribution in [2.75, 3.05) is 6.61 Å². The second kappa shape index (κ2) is 10.3. The maximum atomic E-state index is 12.0. The normalized spacial score (nSPS) is 10.9. The van der Waals surface area contributed by atoms with Gasteiger partial charge >= 0.3 is 11.9 Å². The van der Waals surface area contributed by atoms with Crippen LogP contribution in [-0.4, -0.2) is 24.6 Å². The molecule has 0 radical (unpaired) electrons. The monoisotopic (exact) mass is 342 g/mol. The lowest BCUT2D eigenvalue weighted by Gasteiger charge is -2.14. The van der Waals surface area contributed by atoms with Crippen LogP contribution in [0.4, 0.5) is 0 Å². The van der Waals surface area contributed by atoms with Gasteiger partial charge in [-0.25, -0.2) is 9.59 Å². The predicted octanol–water partition coefficient (Wildman–Crippen LogP) is 4.73. The molecule has 0 spiro atoms. The number of carbonyl (C=O) groups is 2. The average Bonchev–Trinajstić information content (AvgIpc) is 2.62. The summed E-state index contributed by atoms with van der Waals surface area (Å²) < 4.78 is 10.4. The van der Waals surface area contributed by atoms with Crippen molar-refractivity contribution < 1.29 is 19.1 Å². The summed E-state index contributed by atoms with van der Waals surface area (Å²) in [6.45, 7) is 9.60. The van der Waals surface area contributed by atoms with E-state index < -0.39 is 18.0 Å². The number of hydrogen-bond donors (Lipinski definition) is 0. The van der Waals surface area contributed by atoms with Crippen molar-refractivity contribution in [2.45, 2.75) is 40.7 Å². The van der Waals surface area contributed by atoms with Crippen LogP contribution in [0.5, 0.6) is 0 Å². The van der Waals surface area contributed by atoms with E-state index in [0.717, 1.165) is 11.1 Å². The molecule has 1 atom stereocenters. The summed E-state index contributed by atoms with van der Waals surface area (Å²) in [6.07, 6.45) is -0.516. The number of benzene rings is 2. The molecule has 2 aromatic carbocycles. The summed E-state index contributed by atoms with van der Waals surface area (Å²) in [5.41, 5.74) is 3.10. The third-order valence-electron chi connectivity index (χ3n) is 3.33. The number of hydrogen-bond acceptors (Lipinski definition) is 4. The molecule has 0 heterocycles. The van der Waals surface area contributed by atoms with Crippen molar-refractivity contribution >= 4 is 11.9 Å². The van der Waals surface area contributed by atoms with Crippen LogP contribution in [0.25, 0.3) is 0 Å². The van der Waals surface area contributed by atoms with Gasteiger partial charge in [0.2, 0.25) is 0 Å². The average molecular weight is 342 g/mol. The molecular formula is C21H26O4. The Kier molecular flexibility index (Phi) is 8.40. The van der Waals surface area contributed by atoms with Gasteiger partial charge in [-0.2, -0.15) is 0 Å². The van der Waals surface area contributed by atoms with E-state index in [0.29, 0.717) is 11.1 Å². The quantitative estimate of drug-likeness (QED) is 0.737. The molecule has 0 saturated carbocycles. The van der Waals surface area contributed by atoms with Crippen LogP contribution in [0.3, 0.4) is 0 Å². The fourth-order valence-electron chi connectivity index (χ4n) is 1.94. The standard InChI is InChI=1S/C19H20O4.C2H6/c1-13-4-8-16(9-5-13)18(20)22-12-15(3)23-19(21)17-10-6-14(2)7-11-17;1-2/h4-11,15H,12H2,1-3H3;1-2H3. The second-order valence-electron chi connectivity index (χ2n) is 5.55. The third-order valence-corrected chi connectivity index (χ3v) is 3.33. The summed E-state index contributed by atoms with van der Waals surface area (Å²) in [5, 5.41) is 0. The van der Waals surface area contributed by atoms with Crippen LogP contribution in [-0.2, 0) is 9.47 Å². The van der Waals surface area contributed by atoms with Gasteiger partial charge in [0.25, 0.3) is 0 Å². The first-order valence-electron chi connectivity index (χ1n) is 8.47. The van der Waals surface area contributed by atoms with Crippen molar-refractivity contribution in [1.29, 1.82) is 0 Å².